The van der Waals surface area contributed by atoms with Crippen LogP contribution in [0.4, 0.5) is 0 Å². The van der Waals surface area contributed by atoms with Crippen LogP contribution >= 0.6 is 0 Å². The fourth-order valence-electron chi connectivity index (χ4n) is 4.42. The van der Waals surface area contributed by atoms with Crippen molar-refractivity contribution in [2.45, 2.75) is 6.92 Å². The summed E-state index contributed by atoms with van der Waals surface area (Å²) in [6, 6.07) is 38.4. The van der Waals surface area contributed by atoms with E-state index in [1.54, 1.807) is 10.9 Å². The number of nitrogens with zero attached hydrogens (tertiary/aromatic N) is 3. The number of aryl methyl sites for hydroxylation is 1. The Kier molecular flexibility index (Phi) is 5.55. The second kappa shape index (κ2) is 8.80. The molecule has 0 saturated carbocycles. The number of rotatable bonds is 6. The minimum Gasteiger partial charge on any atom is -0.297 e. The minimum absolute atomic E-state index is 0.0525. The fourth-order valence-corrected chi connectivity index (χ4v) is 8.83. The van der Waals surface area contributed by atoms with E-state index in [2.05, 4.69) is 46.7 Å². The second-order valence-electron chi connectivity index (χ2n) is 8.04. The van der Waals surface area contributed by atoms with Gasteiger partial charge >= 0.3 is 0 Å². The van der Waals surface area contributed by atoms with Crippen LogP contribution in [-0.4, -0.2) is 28.5 Å². The molecule has 5 aromatic rings. The molecule has 0 N–H and O–H groups in total. The molecule has 0 amide bonds. The van der Waals surface area contributed by atoms with E-state index in [0.29, 0.717) is 5.69 Å². The van der Waals surface area contributed by atoms with Crippen LogP contribution in [0, 0.1) is 6.92 Å². The maximum absolute atomic E-state index is 14.8. The van der Waals surface area contributed by atoms with E-state index in [0.717, 1.165) is 26.8 Å². The summed E-state index contributed by atoms with van der Waals surface area (Å²) < 4.78 is 1.67. The normalized spacial score (nSPS) is 11.3. The Morgan fingerprint density at radius 1 is 0.667 bits per heavy atom. The fraction of sp³-hybridized carbons (Fsp3) is 0.0357. The first-order valence-electron chi connectivity index (χ1n) is 10.9. The van der Waals surface area contributed by atoms with Gasteiger partial charge in [-0.25, -0.2) is 4.68 Å². The Hall–Kier alpha value is -4.09. The molecular formula is C28H23N3OSi. The third-order valence-corrected chi connectivity index (χ3v) is 10.6. The molecule has 5 rings (SSSR count). The molecule has 0 unspecified atom stereocenters. The zero-order valence-electron chi connectivity index (χ0n) is 18.3. The van der Waals surface area contributed by atoms with Crippen molar-refractivity contribution in [3.63, 3.8) is 0 Å². The molecule has 0 radical (unpaired) electrons. The van der Waals surface area contributed by atoms with Crippen LogP contribution in [-0.2, 0) is 0 Å². The minimum atomic E-state index is -3.15. The summed E-state index contributed by atoms with van der Waals surface area (Å²) in [4.78, 5) is 14.8. The van der Waals surface area contributed by atoms with Crippen molar-refractivity contribution in [2.24, 2.45) is 0 Å². The van der Waals surface area contributed by atoms with Gasteiger partial charge in [0.1, 0.15) is 5.69 Å². The van der Waals surface area contributed by atoms with Gasteiger partial charge in [-0.2, -0.15) is 0 Å². The molecule has 0 aliphatic carbocycles. The van der Waals surface area contributed by atoms with E-state index in [-0.39, 0.29) is 5.41 Å². The molecule has 4 aromatic carbocycles. The number of carbonyl (C=O) groups is 1. The molecule has 0 aliphatic heterocycles. The highest BCUT2D eigenvalue weighted by atomic mass is 28.3. The van der Waals surface area contributed by atoms with Gasteiger partial charge in [0.25, 0.3) is 0 Å². The first kappa shape index (κ1) is 20.8. The third kappa shape index (κ3) is 3.62. The molecule has 0 saturated heterocycles. The first-order valence-corrected chi connectivity index (χ1v) is 12.9. The van der Waals surface area contributed by atoms with E-state index in [1.807, 2.05) is 85.8 Å². The molecule has 1 aromatic heterocycles. The van der Waals surface area contributed by atoms with Crippen LogP contribution in [0.2, 0.25) is 0 Å². The summed E-state index contributed by atoms with van der Waals surface area (Å²) in [6.07, 6.45) is 1.60. The summed E-state index contributed by atoms with van der Waals surface area (Å²) in [5.74, 6) is 0. The first-order chi connectivity index (χ1) is 16.2. The highest BCUT2D eigenvalue weighted by molar-refractivity contribution is 7.31. The smallest absolute Gasteiger partial charge is 0.232 e. The van der Waals surface area contributed by atoms with Crippen molar-refractivity contribution in [3.8, 4) is 5.69 Å². The molecule has 0 fully saturated rings. The van der Waals surface area contributed by atoms with Gasteiger partial charge in [-0.1, -0.05) is 114 Å². The Balaban J connectivity index is 1.80. The van der Waals surface area contributed by atoms with Crippen molar-refractivity contribution < 1.29 is 4.79 Å². The summed E-state index contributed by atoms with van der Waals surface area (Å²) in [7, 11) is -3.15. The summed E-state index contributed by atoms with van der Waals surface area (Å²) in [5, 5.41) is 11.6. The molecule has 0 aliphatic rings. The quantitative estimate of drug-likeness (QED) is 0.297. The standard InChI is InChI=1S/C28H23N3OSi/c1-22-17-19-23(20-18-22)31-27(21-29-30-31)28(32)33(24-11-5-2-6-12-24,25-13-7-3-8-14-25)26-15-9-4-10-16-26/h2-21H,1H3. The average Bonchev–Trinajstić information content (AvgIpc) is 3.37. The summed E-state index contributed by atoms with van der Waals surface area (Å²) >= 11 is 0. The Bertz CT molecular complexity index is 1270. The van der Waals surface area contributed by atoms with Crippen LogP contribution < -0.4 is 15.6 Å². The predicted molar refractivity (Wildman–Crippen MR) is 134 cm³/mol. The predicted octanol–water partition coefficient (Wildman–Crippen LogP) is 3.47. The van der Waals surface area contributed by atoms with Gasteiger partial charge in [0.05, 0.1) is 11.9 Å². The van der Waals surface area contributed by atoms with Crippen LogP contribution in [0.1, 0.15) is 16.1 Å². The lowest BCUT2D eigenvalue weighted by Crippen LogP contribution is -2.72. The lowest BCUT2D eigenvalue weighted by atomic mass is 10.2. The van der Waals surface area contributed by atoms with Crippen LogP contribution in [0.15, 0.2) is 121 Å². The van der Waals surface area contributed by atoms with Crippen LogP contribution in [0.25, 0.3) is 5.69 Å². The largest absolute Gasteiger partial charge is 0.297 e. The number of hydrogen-bond acceptors (Lipinski definition) is 3. The SMILES string of the molecule is Cc1ccc(-n2nncc2C(=O)[Si](c2ccccc2)(c2ccccc2)c2ccccc2)cc1. The maximum Gasteiger partial charge on any atom is 0.232 e. The second-order valence-corrected chi connectivity index (χ2v) is 11.7. The summed E-state index contributed by atoms with van der Waals surface area (Å²) in [6.45, 7) is 2.04. The van der Waals surface area contributed by atoms with Crippen molar-refractivity contribution in [1.29, 1.82) is 0 Å². The monoisotopic (exact) mass is 445 g/mol. The van der Waals surface area contributed by atoms with Gasteiger partial charge < -0.3 is 0 Å². The number of aromatic nitrogens is 3. The number of benzene rings is 4. The highest BCUT2D eigenvalue weighted by Gasteiger charge is 2.48. The molecule has 160 valence electrons. The Morgan fingerprint density at radius 2 is 1.12 bits per heavy atom. The van der Waals surface area contributed by atoms with Crippen molar-refractivity contribution >= 4 is 29.0 Å². The van der Waals surface area contributed by atoms with Crippen molar-refractivity contribution in [3.05, 3.63) is 133 Å². The highest BCUT2D eigenvalue weighted by Crippen LogP contribution is 2.18. The molecular weight excluding hydrogens is 422 g/mol. The summed E-state index contributed by atoms with van der Waals surface area (Å²) in [5.41, 5.74) is 2.45. The third-order valence-electron chi connectivity index (χ3n) is 6.02. The van der Waals surface area contributed by atoms with Gasteiger partial charge in [0, 0.05) is 0 Å². The van der Waals surface area contributed by atoms with Crippen molar-refractivity contribution in [2.75, 3.05) is 0 Å². The topological polar surface area (TPSA) is 47.8 Å². The van der Waals surface area contributed by atoms with Crippen LogP contribution in [0.5, 0.6) is 0 Å². The zero-order valence-corrected chi connectivity index (χ0v) is 19.3. The van der Waals surface area contributed by atoms with E-state index < -0.39 is 8.07 Å². The Labute approximate surface area is 194 Å². The molecule has 0 spiro atoms. The van der Waals surface area contributed by atoms with Gasteiger partial charge in [0.15, 0.2) is 5.41 Å². The number of hydrogen-bond donors (Lipinski definition) is 0. The molecule has 33 heavy (non-hydrogen) atoms. The molecule has 0 atom stereocenters. The average molecular weight is 446 g/mol. The van der Waals surface area contributed by atoms with Gasteiger partial charge in [-0.15, -0.1) is 5.10 Å². The van der Waals surface area contributed by atoms with E-state index in [1.165, 1.54) is 0 Å². The van der Waals surface area contributed by atoms with Gasteiger partial charge in [-0.3, -0.25) is 4.79 Å². The lowest BCUT2D eigenvalue weighted by Gasteiger charge is -2.31. The zero-order chi connectivity index (χ0) is 22.7. The molecule has 5 heteroatoms. The molecule has 4 nitrogen and oxygen atoms in total. The van der Waals surface area contributed by atoms with E-state index in [4.69, 9.17) is 0 Å². The maximum atomic E-state index is 14.8. The van der Waals surface area contributed by atoms with Gasteiger partial charge in [0.2, 0.25) is 8.07 Å². The Morgan fingerprint density at radius 3 is 1.58 bits per heavy atom. The van der Waals surface area contributed by atoms with Crippen molar-refractivity contribution in [1.82, 2.24) is 15.0 Å². The molecule has 0 bridgehead atoms. The molecule has 1 heterocycles. The van der Waals surface area contributed by atoms with Gasteiger partial charge in [-0.05, 0) is 34.6 Å². The van der Waals surface area contributed by atoms with Crippen LogP contribution in [0.3, 0.4) is 0 Å². The van der Waals surface area contributed by atoms with E-state index >= 15 is 0 Å². The number of carbonyl (C=O) groups excluding carboxylic acids is 1. The van der Waals surface area contributed by atoms with E-state index in [9.17, 15) is 4.79 Å². The lowest BCUT2D eigenvalue weighted by molar-refractivity contribution is 0.106.